The Kier molecular flexibility index (Phi) is 11.0. The second kappa shape index (κ2) is 13.2. The fourth-order valence-electron chi connectivity index (χ4n) is 3.36. The zero-order valence-corrected chi connectivity index (χ0v) is 21.5. The molecule has 8 heteroatoms. The van der Waals surface area contributed by atoms with Gasteiger partial charge in [0.2, 0.25) is 0 Å². The van der Waals surface area contributed by atoms with Gasteiger partial charge in [0.1, 0.15) is 0 Å². The number of piperazine rings is 1. The highest BCUT2D eigenvalue weighted by Gasteiger charge is 2.13. The third-order valence-corrected chi connectivity index (χ3v) is 5.95. The standard InChI is InChI=1S/C22H34N6S.HI/c1-4-23-22(24-10-9-21-17-29-18(2)26-21)25-15-19-5-7-20(8-6-19)16-28-13-11-27(3)12-14-28;/h5-8,17H,4,9-16H2,1-3H3,(H2,23,24,25);1H. The molecule has 0 unspecified atom stereocenters. The zero-order chi connectivity index (χ0) is 20.5. The van der Waals surface area contributed by atoms with Gasteiger partial charge in [0.25, 0.3) is 0 Å². The summed E-state index contributed by atoms with van der Waals surface area (Å²) in [5.41, 5.74) is 3.76. The smallest absolute Gasteiger partial charge is 0.191 e. The molecular weight excluding hydrogens is 507 g/mol. The molecule has 2 aromatic rings. The van der Waals surface area contributed by atoms with E-state index in [1.165, 1.54) is 11.1 Å². The van der Waals surface area contributed by atoms with E-state index in [9.17, 15) is 0 Å². The molecule has 0 amide bonds. The molecule has 1 fully saturated rings. The fraction of sp³-hybridized carbons (Fsp3) is 0.545. The number of thiazole rings is 1. The highest BCUT2D eigenvalue weighted by molar-refractivity contribution is 14.0. The first kappa shape index (κ1) is 25.0. The molecule has 1 aromatic carbocycles. The number of guanidine groups is 1. The predicted octanol–water partition coefficient (Wildman–Crippen LogP) is 3.11. The summed E-state index contributed by atoms with van der Waals surface area (Å²) >= 11 is 1.70. The Hall–Kier alpha value is -1.23. The number of hydrogen-bond acceptors (Lipinski definition) is 5. The number of rotatable bonds is 8. The molecule has 30 heavy (non-hydrogen) atoms. The lowest BCUT2D eigenvalue weighted by molar-refractivity contribution is 0.148. The molecule has 0 bridgehead atoms. The summed E-state index contributed by atoms with van der Waals surface area (Å²) in [6.45, 7) is 12.2. The van der Waals surface area contributed by atoms with Crippen molar-refractivity contribution in [2.24, 2.45) is 4.99 Å². The minimum atomic E-state index is 0. The van der Waals surface area contributed by atoms with Crippen molar-refractivity contribution < 1.29 is 0 Å². The first-order valence-electron chi connectivity index (χ1n) is 10.5. The number of nitrogens with one attached hydrogen (secondary N) is 2. The lowest BCUT2D eigenvalue weighted by Crippen LogP contribution is -2.43. The van der Waals surface area contributed by atoms with Gasteiger partial charge < -0.3 is 15.5 Å². The van der Waals surface area contributed by atoms with E-state index in [1.54, 1.807) is 11.3 Å². The van der Waals surface area contributed by atoms with Crippen LogP contribution in [0.2, 0.25) is 0 Å². The molecule has 6 nitrogen and oxygen atoms in total. The van der Waals surface area contributed by atoms with Crippen LogP contribution in [0, 0.1) is 6.92 Å². The third kappa shape index (κ3) is 8.49. The van der Waals surface area contributed by atoms with Gasteiger partial charge in [-0.2, -0.15) is 0 Å². The highest BCUT2D eigenvalue weighted by Crippen LogP contribution is 2.11. The Balaban J connectivity index is 0.00000320. The molecule has 3 rings (SSSR count). The second-order valence-corrected chi connectivity index (χ2v) is 8.69. The molecule has 0 radical (unpaired) electrons. The third-order valence-electron chi connectivity index (χ3n) is 5.13. The number of hydrogen-bond donors (Lipinski definition) is 2. The van der Waals surface area contributed by atoms with Crippen LogP contribution in [-0.4, -0.2) is 67.1 Å². The molecule has 166 valence electrons. The lowest BCUT2D eigenvalue weighted by Gasteiger charge is -2.32. The lowest BCUT2D eigenvalue weighted by atomic mass is 10.1. The largest absolute Gasteiger partial charge is 0.357 e. The van der Waals surface area contributed by atoms with Crippen LogP contribution < -0.4 is 10.6 Å². The minimum absolute atomic E-state index is 0. The molecule has 2 N–H and O–H groups in total. The molecular formula is C22H35IN6S. The van der Waals surface area contributed by atoms with Crippen LogP contribution in [-0.2, 0) is 19.5 Å². The van der Waals surface area contributed by atoms with E-state index in [1.807, 2.05) is 6.92 Å². The van der Waals surface area contributed by atoms with Crippen molar-refractivity contribution in [1.82, 2.24) is 25.4 Å². The van der Waals surface area contributed by atoms with Crippen molar-refractivity contribution in [3.8, 4) is 0 Å². The maximum absolute atomic E-state index is 4.73. The van der Waals surface area contributed by atoms with Crippen molar-refractivity contribution >= 4 is 41.3 Å². The Morgan fingerprint density at radius 1 is 1.10 bits per heavy atom. The normalized spacial score (nSPS) is 15.6. The van der Waals surface area contributed by atoms with Crippen molar-refractivity contribution in [2.45, 2.75) is 33.4 Å². The van der Waals surface area contributed by atoms with E-state index in [0.717, 1.165) is 68.9 Å². The van der Waals surface area contributed by atoms with Crippen molar-refractivity contribution in [1.29, 1.82) is 0 Å². The number of nitrogens with zero attached hydrogens (tertiary/aromatic N) is 4. The van der Waals surface area contributed by atoms with Crippen LogP contribution in [0.5, 0.6) is 0 Å². The monoisotopic (exact) mass is 542 g/mol. The van der Waals surface area contributed by atoms with E-state index < -0.39 is 0 Å². The second-order valence-electron chi connectivity index (χ2n) is 7.63. The van der Waals surface area contributed by atoms with E-state index in [-0.39, 0.29) is 24.0 Å². The molecule has 2 heterocycles. The fourth-order valence-corrected chi connectivity index (χ4v) is 4.01. The molecule has 1 saturated heterocycles. The Bertz CT molecular complexity index is 768. The van der Waals surface area contributed by atoms with Crippen LogP contribution in [0.15, 0.2) is 34.6 Å². The van der Waals surface area contributed by atoms with E-state index in [0.29, 0.717) is 6.54 Å². The molecule has 0 saturated carbocycles. The SMILES string of the molecule is CCNC(=NCc1ccc(CN2CCN(C)CC2)cc1)NCCc1csc(C)n1.I. The van der Waals surface area contributed by atoms with Gasteiger partial charge in [-0.1, -0.05) is 24.3 Å². The van der Waals surface area contributed by atoms with E-state index in [4.69, 9.17) is 4.99 Å². The Morgan fingerprint density at radius 2 is 1.80 bits per heavy atom. The van der Waals surface area contributed by atoms with Crippen molar-refractivity contribution in [3.05, 3.63) is 51.5 Å². The van der Waals surface area contributed by atoms with Gasteiger partial charge in [-0.3, -0.25) is 4.90 Å². The molecule has 0 atom stereocenters. The quantitative estimate of drug-likeness (QED) is 0.305. The van der Waals surface area contributed by atoms with Crippen LogP contribution in [0.4, 0.5) is 0 Å². The minimum Gasteiger partial charge on any atom is -0.357 e. The zero-order valence-electron chi connectivity index (χ0n) is 18.4. The topological polar surface area (TPSA) is 55.8 Å². The molecule has 1 aliphatic rings. The first-order valence-corrected chi connectivity index (χ1v) is 11.4. The number of likely N-dealkylation sites (N-methyl/N-ethyl adjacent to an activating group) is 1. The number of aromatic nitrogens is 1. The highest BCUT2D eigenvalue weighted by atomic mass is 127. The van der Waals surface area contributed by atoms with Crippen molar-refractivity contribution in [2.75, 3.05) is 46.3 Å². The summed E-state index contributed by atoms with van der Waals surface area (Å²) in [5.74, 6) is 0.862. The summed E-state index contributed by atoms with van der Waals surface area (Å²) < 4.78 is 0. The molecule has 1 aliphatic heterocycles. The van der Waals surface area contributed by atoms with Gasteiger partial charge in [0.15, 0.2) is 5.96 Å². The molecule has 1 aromatic heterocycles. The van der Waals surface area contributed by atoms with Gasteiger partial charge >= 0.3 is 0 Å². The van der Waals surface area contributed by atoms with Crippen LogP contribution in [0.3, 0.4) is 0 Å². The number of aliphatic imine (C=N–C) groups is 1. The van der Waals surface area contributed by atoms with Gasteiger partial charge in [-0.05, 0) is 32.0 Å². The summed E-state index contributed by atoms with van der Waals surface area (Å²) in [6, 6.07) is 8.90. The van der Waals surface area contributed by atoms with Gasteiger partial charge in [0, 0.05) is 57.6 Å². The first-order chi connectivity index (χ1) is 14.1. The van der Waals surface area contributed by atoms with Gasteiger partial charge in [-0.15, -0.1) is 35.3 Å². The summed E-state index contributed by atoms with van der Waals surface area (Å²) in [7, 11) is 2.20. The van der Waals surface area contributed by atoms with Crippen LogP contribution in [0.1, 0.15) is 28.8 Å². The van der Waals surface area contributed by atoms with Crippen LogP contribution in [0.25, 0.3) is 0 Å². The van der Waals surface area contributed by atoms with Gasteiger partial charge in [-0.25, -0.2) is 9.98 Å². The average Bonchev–Trinajstić information content (AvgIpc) is 3.14. The predicted molar refractivity (Wildman–Crippen MR) is 138 cm³/mol. The number of aryl methyl sites for hydroxylation is 1. The Labute approximate surface area is 202 Å². The molecule has 0 spiro atoms. The summed E-state index contributed by atoms with van der Waals surface area (Å²) in [5, 5.41) is 9.99. The summed E-state index contributed by atoms with van der Waals surface area (Å²) in [4.78, 5) is 14.2. The van der Waals surface area contributed by atoms with E-state index in [2.05, 4.69) is 69.0 Å². The maximum atomic E-state index is 4.73. The van der Waals surface area contributed by atoms with Gasteiger partial charge in [0.05, 0.1) is 17.2 Å². The van der Waals surface area contributed by atoms with Crippen LogP contribution >= 0.6 is 35.3 Å². The van der Waals surface area contributed by atoms with Crippen molar-refractivity contribution in [3.63, 3.8) is 0 Å². The maximum Gasteiger partial charge on any atom is 0.191 e. The number of halogens is 1. The Morgan fingerprint density at radius 3 is 2.43 bits per heavy atom. The average molecular weight is 543 g/mol. The number of benzene rings is 1. The molecule has 0 aliphatic carbocycles. The van der Waals surface area contributed by atoms with E-state index >= 15 is 0 Å². The summed E-state index contributed by atoms with van der Waals surface area (Å²) in [6.07, 6.45) is 0.912.